The first-order valence-corrected chi connectivity index (χ1v) is 10.9. The summed E-state index contributed by atoms with van der Waals surface area (Å²) in [5.41, 5.74) is 0. The highest BCUT2D eigenvalue weighted by Crippen LogP contribution is 2.23. The molecule has 0 saturated carbocycles. The minimum Gasteiger partial charge on any atom is -0.436 e. The number of hydrogen-bond donors (Lipinski definition) is 0. The van der Waals surface area contributed by atoms with E-state index in [2.05, 4.69) is 40.4 Å². The molecule has 0 aromatic rings. The van der Waals surface area contributed by atoms with E-state index in [4.69, 9.17) is 8.54 Å². The molecule has 80 valence electrons. The van der Waals surface area contributed by atoms with Crippen LogP contribution in [0.1, 0.15) is 20.8 Å². The first kappa shape index (κ1) is 13.4. The summed E-state index contributed by atoms with van der Waals surface area (Å²) in [4.78, 5) is 0. The second-order valence-corrected chi connectivity index (χ2v) is 12.8. The van der Waals surface area contributed by atoms with Crippen molar-refractivity contribution in [2.24, 2.45) is 0 Å². The van der Waals surface area contributed by atoms with Gasteiger partial charge in [-0.1, -0.05) is 13.8 Å². The Morgan fingerprint density at radius 2 is 1.38 bits per heavy atom. The van der Waals surface area contributed by atoms with Gasteiger partial charge in [-0.2, -0.15) is 0 Å². The van der Waals surface area contributed by atoms with Crippen molar-refractivity contribution in [2.75, 3.05) is 6.61 Å². The van der Waals surface area contributed by atoms with Crippen molar-refractivity contribution >= 4 is 16.9 Å². The van der Waals surface area contributed by atoms with E-state index in [1.807, 2.05) is 0 Å². The van der Waals surface area contributed by atoms with Gasteiger partial charge >= 0.3 is 8.56 Å². The molecule has 0 aromatic heterocycles. The van der Waals surface area contributed by atoms with E-state index in [0.717, 1.165) is 18.7 Å². The van der Waals surface area contributed by atoms with Crippen LogP contribution in [-0.4, -0.2) is 23.5 Å². The van der Waals surface area contributed by atoms with Crippen LogP contribution in [0.5, 0.6) is 0 Å². The molecule has 0 amide bonds. The quantitative estimate of drug-likeness (QED) is 0.639. The Labute approximate surface area is 85.0 Å². The molecule has 0 fully saturated rings. The summed E-state index contributed by atoms with van der Waals surface area (Å²) >= 11 is 0. The molecule has 0 aliphatic heterocycles. The zero-order valence-electron chi connectivity index (χ0n) is 9.94. The van der Waals surface area contributed by atoms with Gasteiger partial charge in [0.25, 0.3) is 0 Å². The van der Waals surface area contributed by atoms with Crippen molar-refractivity contribution in [1.82, 2.24) is 0 Å². The van der Waals surface area contributed by atoms with Crippen LogP contribution >= 0.6 is 0 Å². The van der Waals surface area contributed by atoms with Crippen LogP contribution in [0.2, 0.25) is 31.7 Å². The normalized spacial score (nSPS) is 13.4. The zero-order chi connectivity index (χ0) is 10.5. The monoisotopic (exact) mass is 220 g/mol. The maximum atomic E-state index is 6.22. The summed E-state index contributed by atoms with van der Waals surface area (Å²) in [5.74, 6) is 0. The minimum absolute atomic E-state index is 0.790. The molecule has 0 spiro atoms. The van der Waals surface area contributed by atoms with Crippen LogP contribution in [0.15, 0.2) is 0 Å². The fourth-order valence-electron chi connectivity index (χ4n) is 1.45. The van der Waals surface area contributed by atoms with Crippen molar-refractivity contribution in [1.29, 1.82) is 0 Å². The van der Waals surface area contributed by atoms with Gasteiger partial charge in [-0.3, -0.25) is 0 Å². The first-order valence-electron chi connectivity index (χ1n) is 5.23. The van der Waals surface area contributed by atoms with Gasteiger partial charge in [0.1, 0.15) is 0 Å². The van der Waals surface area contributed by atoms with Crippen molar-refractivity contribution in [3.63, 3.8) is 0 Å². The third-order valence-electron chi connectivity index (χ3n) is 1.98. The van der Waals surface area contributed by atoms with Gasteiger partial charge in [0.2, 0.25) is 0 Å². The van der Waals surface area contributed by atoms with Crippen LogP contribution in [0, 0.1) is 0 Å². The van der Waals surface area contributed by atoms with Crippen molar-refractivity contribution in [2.45, 2.75) is 52.5 Å². The van der Waals surface area contributed by atoms with E-state index in [1.54, 1.807) is 0 Å². The largest absolute Gasteiger partial charge is 0.436 e. The molecular formula is C9H24O2Si2. The summed E-state index contributed by atoms with van der Waals surface area (Å²) in [6.07, 6.45) is 0. The second-order valence-electron chi connectivity index (χ2n) is 4.27. The summed E-state index contributed by atoms with van der Waals surface area (Å²) in [7, 11) is -3.25. The minimum atomic E-state index is -1.82. The van der Waals surface area contributed by atoms with E-state index < -0.39 is 16.9 Å². The Balaban J connectivity index is 4.38. The Morgan fingerprint density at radius 3 is 1.62 bits per heavy atom. The van der Waals surface area contributed by atoms with Crippen molar-refractivity contribution in [3.05, 3.63) is 0 Å². The lowest BCUT2D eigenvalue weighted by Crippen LogP contribution is -2.48. The highest BCUT2D eigenvalue weighted by molar-refractivity contribution is 6.82. The highest BCUT2D eigenvalue weighted by Gasteiger charge is 2.37. The average Bonchev–Trinajstić information content (AvgIpc) is 2.01. The molecule has 0 N–H and O–H groups in total. The zero-order valence-corrected chi connectivity index (χ0v) is 11.9. The fourth-order valence-corrected chi connectivity index (χ4v) is 8.74. The van der Waals surface area contributed by atoms with Crippen LogP contribution < -0.4 is 0 Å². The van der Waals surface area contributed by atoms with E-state index in [9.17, 15) is 0 Å². The van der Waals surface area contributed by atoms with Crippen LogP contribution in [-0.2, 0) is 8.54 Å². The maximum absolute atomic E-state index is 6.22. The summed E-state index contributed by atoms with van der Waals surface area (Å²) in [5, 5.41) is 0. The highest BCUT2D eigenvalue weighted by atomic mass is 28.4. The Kier molecular flexibility index (Phi) is 5.43. The van der Waals surface area contributed by atoms with Gasteiger partial charge < -0.3 is 8.54 Å². The van der Waals surface area contributed by atoms with Gasteiger partial charge in [0.15, 0.2) is 8.32 Å². The van der Waals surface area contributed by atoms with Gasteiger partial charge in [-0.05, 0) is 38.7 Å². The third-order valence-corrected chi connectivity index (χ3v) is 8.88. The van der Waals surface area contributed by atoms with E-state index in [-0.39, 0.29) is 0 Å². The molecule has 0 unspecified atom stereocenters. The third kappa shape index (κ3) is 4.95. The molecule has 0 heterocycles. The second kappa shape index (κ2) is 5.29. The summed E-state index contributed by atoms with van der Waals surface area (Å²) < 4.78 is 12.1. The molecule has 0 saturated heterocycles. The molecule has 0 aromatic carbocycles. The van der Waals surface area contributed by atoms with Crippen molar-refractivity contribution in [3.8, 4) is 0 Å². The van der Waals surface area contributed by atoms with Gasteiger partial charge in [0, 0.05) is 6.61 Å². The molecule has 0 rings (SSSR count). The SMILES string of the molecule is CCO[Si](CC)(CC)O[Si](C)(C)C. The number of rotatable bonds is 6. The molecular weight excluding hydrogens is 196 g/mol. The van der Waals surface area contributed by atoms with Crippen LogP contribution in [0.4, 0.5) is 0 Å². The molecule has 0 radical (unpaired) electrons. The van der Waals surface area contributed by atoms with Crippen LogP contribution in [0.3, 0.4) is 0 Å². The first-order chi connectivity index (χ1) is 5.89. The predicted octanol–water partition coefficient (Wildman–Crippen LogP) is 3.36. The molecule has 2 nitrogen and oxygen atoms in total. The van der Waals surface area contributed by atoms with Gasteiger partial charge in [-0.25, -0.2) is 0 Å². The van der Waals surface area contributed by atoms with E-state index in [0.29, 0.717) is 0 Å². The molecule has 4 heteroatoms. The van der Waals surface area contributed by atoms with Crippen molar-refractivity contribution < 1.29 is 8.54 Å². The lowest BCUT2D eigenvalue weighted by molar-refractivity contribution is 0.250. The van der Waals surface area contributed by atoms with Gasteiger partial charge in [0.05, 0.1) is 0 Å². The fraction of sp³-hybridized carbons (Fsp3) is 1.00. The van der Waals surface area contributed by atoms with Gasteiger partial charge in [-0.15, -0.1) is 0 Å². The maximum Gasteiger partial charge on any atom is 0.327 e. The topological polar surface area (TPSA) is 18.5 Å². The lowest BCUT2D eigenvalue weighted by atomic mass is 10.9. The summed E-state index contributed by atoms with van der Waals surface area (Å²) in [6, 6.07) is 2.14. The van der Waals surface area contributed by atoms with E-state index >= 15 is 0 Å². The summed E-state index contributed by atoms with van der Waals surface area (Å²) in [6.45, 7) is 13.9. The molecule has 0 bridgehead atoms. The van der Waals surface area contributed by atoms with Crippen LogP contribution in [0.25, 0.3) is 0 Å². The smallest absolute Gasteiger partial charge is 0.327 e. The van der Waals surface area contributed by atoms with E-state index in [1.165, 1.54) is 0 Å². The molecule has 0 aliphatic carbocycles. The standard InChI is InChI=1S/C9H24O2Si2/c1-7-10-13(8-2,9-3)11-12(4,5)6/h7-9H2,1-6H3. The molecule has 0 aliphatic rings. The Bertz CT molecular complexity index is 139. The number of hydrogen-bond acceptors (Lipinski definition) is 2. The molecule has 13 heavy (non-hydrogen) atoms. The Hall–Kier alpha value is 0.354. The lowest BCUT2D eigenvalue weighted by Gasteiger charge is -2.34. The molecule has 0 atom stereocenters. The Morgan fingerprint density at radius 1 is 0.923 bits per heavy atom. The predicted molar refractivity (Wildman–Crippen MR) is 62.8 cm³/mol. The average molecular weight is 220 g/mol.